The lowest BCUT2D eigenvalue weighted by atomic mass is 10.3. The molecule has 0 aliphatic heterocycles. The molecule has 1 aromatic rings. The molecule has 0 aromatic heterocycles. The van der Waals surface area contributed by atoms with Crippen molar-refractivity contribution >= 4 is 15.7 Å². The Morgan fingerprint density at radius 1 is 1.41 bits per heavy atom. The van der Waals surface area contributed by atoms with Gasteiger partial charge in [-0.1, -0.05) is 6.07 Å². The Labute approximate surface area is 101 Å². The molecule has 2 rings (SSSR count). The van der Waals surface area contributed by atoms with Gasteiger partial charge in [-0.25, -0.2) is 13.1 Å². The highest BCUT2D eigenvalue weighted by Crippen LogP contribution is 2.20. The van der Waals surface area contributed by atoms with Gasteiger partial charge in [-0.2, -0.15) is 0 Å². The van der Waals surface area contributed by atoms with Crippen LogP contribution in [-0.4, -0.2) is 26.8 Å². The number of rotatable bonds is 6. The average molecular weight is 256 g/mol. The second-order valence-electron chi connectivity index (χ2n) is 4.13. The van der Waals surface area contributed by atoms with Crippen LogP contribution >= 0.6 is 0 Å². The fourth-order valence-corrected chi connectivity index (χ4v) is 2.55. The normalized spacial score (nSPS) is 15.8. The van der Waals surface area contributed by atoms with Gasteiger partial charge in [0.15, 0.2) is 0 Å². The van der Waals surface area contributed by atoms with E-state index in [-0.39, 0.29) is 18.4 Å². The van der Waals surface area contributed by atoms with Crippen molar-refractivity contribution in [3.05, 3.63) is 24.3 Å². The van der Waals surface area contributed by atoms with E-state index in [9.17, 15) is 8.42 Å². The van der Waals surface area contributed by atoms with Crippen molar-refractivity contribution in [1.29, 1.82) is 0 Å². The SMILES string of the molecule is Nc1cccc(OCCS(=O)(=O)NC2CC2)c1. The van der Waals surface area contributed by atoms with Crippen molar-refractivity contribution in [2.45, 2.75) is 18.9 Å². The molecule has 0 saturated heterocycles. The molecule has 3 N–H and O–H groups in total. The highest BCUT2D eigenvalue weighted by Gasteiger charge is 2.26. The third-order valence-corrected chi connectivity index (χ3v) is 3.80. The summed E-state index contributed by atoms with van der Waals surface area (Å²) in [5.41, 5.74) is 6.18. The van der Waals surface area contributed by atoms with Crippen molar-refractivity contribution in [1.82, 2.24) is 4.72 Å². The van der Waals surface area contributed by atoms with Crippen LogP contribution in [0.5, 0.6) is 5.75 Å². The number of ether oxygens (including phenoxy) is 1. The lowest BCUT2D eigenvalue weighted by molar-refractivity contribution is 0.340. The third kappa shape index (κ3) is 4.24. The van der Waals surface area contributed by atoms with E-state index in [1.165, 1.54) is 0 Å². The van der Waals surface area contributed by atoms with Crippen LogP contribution in [0.15, 0.2) is 24.3 Å². The lowest BCUT2D eigenvalue weighted by Gasteiger charge is -2.08. The molecule has 0 atom stereocenters. The fourth-order valence-electron chi connectivity index (χ4n) is 1.39. The van der Waals surface area contributed by atoms with E-state index < -0.39 is 10.0 Å². The molecule has 0 unspecified atom stereocenters. The zero-order valence-corrected chi connectivity index (χ0v) is 10.2. The molecule has 6 heteroatoms. The van der Waals surface area contributed by atoms with Crippen LogP contribution in [0.4, 0.5) is 5.69 Å². The summed E-state index contributed by atoms with van der Waals surface area (Å²) in [6, 6.07) is 7.07. The first-order chi connectivity index (χ1) is 8.05. The maximum Gasteiger partial charge on any atom is 0.215 e. The lowest BCUT2D eigenvalue weighted by Crippen LogP contribution is -2.30. The molecule has 0 heterocycles. The summed E-state index contributed by atoms with van der Waals surface area (Å²) in [5, 5.41) is 0. The number of hydrogen-bond donors (Lipinski definition) is 2. The number of benzene rings is 1. The molecule has 1 fully saturated rings. The predicted octanol–water partition coefficient (Wildman–Crippen LogP) is 0.729. The first-order valence-corrected chi connectivity index (χ1v) is 7.19. The number of hydrogen-bond acceptors (Lipinski definition) is 4. The number of nitrogens with one attached hydrogen (secondary N) is 1. The van der Waals surface area contributed by atoms with Crippen LogP contribution in [0.2, 0.25) is 0 Å². The van der Waals surface area contributed by atoms with Gasteiger partial charge in [0.1, 0.15) is 12.4 Å². The molecular formula is C11H16N2O3S. The van der Waals surface area contributed by atoms with E-state index in [0.717, 1.165) is 12.8 Å². The highest BCUT2D eigenvalue weighted by atomic mass is 32.2. The molecule has 17 heavy (non-hydrogen) atoms. The van der Waals surface area contributed by atoms with Crippen LogP contribution in [-0.2, 0) is 10.0 Å². The van der Waals surface area contributed by atoms with Crippen LogP contribution < -0.4 is 15.2 Å². The molecule has 0 spiro atoms. The predicted molar refractivity (Wildman–Crippen MR) is 66.3 cm³/mol. The van der Waals surface area contributed by atoms with Gasteiger partial charge < -0.3 is 10.5 Å². The average Bonchev–Trinajstić information content (AvgIpc) is 3.00. The Morgan fingerprint density at radius 3 is 2.82 bits per heavy atom. The van der Waals surface area contributed by atoms with Crippen LogP contribution in [0.1, 0.15) is 12.8 Å². The van der Waals surface area contributed by atoms with Gasteiger partial charge in [0.25, 0.3) is 0 Å². The Bertz CT molecular complexity index is 483. The molecule has 0 bridgehead atoms. The first kappa shape index (κ1) is 12.2. The fraction of sp³-hybridized carbons (Fsp3) is 0.455. The van der Waals surface area contributed by atoms with Crippen molar-refractivity contribution in [3.63, 3.8) is 0 Å². The van der Waals surface area contributed by atoms with E-state index in [0.29, 0.717) is 11.4 Å². The molecule has 5 nitrogen and oxygen atoms in total. The Balaban J connectivity index is 1.78. The highest BCUT2D eigenvalue weighted by molar-refractivity contribution is 7.89. The molecule has 1 aliphatic rings. The second-order valence-corrected chi connectivity index (χ2v) is 6.01. The van der Waals surface area contributed by atoms with Crippen LogP contribution in [0.3, 0.4) is 0 Å². The third-order valence-electron chi connectivity index (χ3n) is 2.40. The molecular weight excluding hydrogens is 240 g/mol. The summed E-state index contributed by atoms with van der Waals surface area (Å²) in [6.45, 7) is 0.130. The Hall–Kier alpha value is -1.27. The van der Waals surface area contributed by atoms with E-state index in [4.69, 9.17) is 10.5 Å². The zero-order chi connectivity index (χ0) is 12.3. The van der Waals surface area contributed by atoms with Crippen molar-refractivity contribution in [2.75, 3.05) is 18.1 Å². The van der Waals surface area contributed by atoms with Gasteiger partial charge in [-0.3, -0.25) is 0 Å². The summed E-state index contributed by atoms with van der Waals surface area (Å²) < 4.78 is 31.0. The van der Waals surface area contributed by atoms with E-state index >= 15 is 0 Å². The Kier molecular flexibility index (Phi) is 3.54. The minimum absolute atomic E-state index is 0.0295. The van der Waals surface area contributed by atoms with E-state index in [1.54, 1.807) is 24.3 Å². The molecule has 1 aromatic carbocycles. The molecule has 0 amide bonds. The van der Waals surface area contributed by atoms with Gasteiger partial charge in [-0.05, 0) is 25.0 Å². The molecule has 1 saturated carbocycles. The zero-order valence-electron chi connectivity index (χ0n) is 9.43. The number of sulfonamides is 1. The summed E-state index contributed by atoms with van der Waals surface area (Å²) in [6.07, 6.45) is 1.88. The second kappa shape index (κ2) is 4.93. The number of nitrogens with two attached hydrogens (primary N) is 1. The molecule has 94 valence electrons. The number of anilines is 1. The van der Waals surface area contributed by atoms with Crippen molar-refractivity contribution in [2.24, 2.45) is 0 Å². The van der Waals surface area contributed by atoms with Gasteiger partial charge in [0.2, 0.25) is 10.0 Å². The van der Waals surface area contributed by atoms with Crippen molar-refractivity contribution in [3.8, 4) is 5.75 Å². The van der Waals surface area contributed by atoms with Gasteiger partial charge in [0, 0.05) is 17.8 Å². The summed E-state index contributed by atoms with van der Waals surface area (Å²) >= 11 is 0. The largest absolute Gasteiger partial charge is 0.492 e. The van der Waals surface area contributed by atoms with E-state index in [2.05, 4.69) is 4.72 Å². The summed E-state index contributed by atoms with van der Waals surface area (Å²) in [5.74, 6) is 0.560. The quantitative estimate of drug-likeness (QED) is 0.735. The van der Waals surface area contributed by atoms with Crippen molar-refractivity contribution < 1.29 is 13.2 Å². The maximum atomic E-state index is 11.5. The maximum absolute atomic E-state index is 11.5. The minimum Gasteiger partial charge on any atom is -0.492 e. The summed E-state index contributed by atoms with van der Waals surface area (Å²) in [4.78, 5) is 0. The monoisotopic (exact) mass is 256 g/mol. The van der Waals surface area contributed by atoms with E-state index in [1.807, 2.05) is 0 Å². The smallest absolute Gasteiger partial charge is 0.215 e. The van der Waals surface area contributed by atoms with Gasteiger partial charge >= 0.3 is 0 Å². The Morgan fingerprint density at radius 2 is 2.18 bits per heavy atom. The van der Waals surface area contributed by atoms with Crippen LogP contribution in [0.25, 0.3) is 0 Å². The minimum atomic E-state index is -3.20. The topological polar surface area (TPSA) is 81.4 Å². The van der Waals surface area contributed by atoms with Gasteiger partial charge in [-0.15, -0.1) is 0 Å². The van der Waals surface area contributed by atoms with Crippen LogP contribution in [0, 0.1) is 0 Å². The standard InChI is InChI=1S/C11H16N2O3S/c12-9-2-1-3-11(8-9)16-6-7-17(14,15)13-10-4-5-10/h1-3,8,10,13H,4-7,12H2. The molecule has 0 radical (unpaired) electrons. The summed E-state index contributed by atoms with van der Waals surface area (Å²) in [7, 11) is -3.20. The molecule has 1 aliphatic carbocycles. The number of nitrogen functional groups attached to an aromatic ring is 1. The first-order valence-electron chi connectivity index (χ1n) is 5.53. The van der Waals surface area contributed by atoms with Gasteiger partial charge in [0.05, 0.1) is 5.75 Å².